The number of hydrogen-bond donors (Lipinski definition) is 2. The lowest BCUT2D eigenvalue weighted by Crippen LogP contribution is -2.40. The third-order valence-electron chi connectivity index (χ3n) is 6.13. The Hall–Kier alpha value is -3.49. The van der Waals surface area contributed by atoms with Gasteiger partial charge in [-0.05, 0) is 58.4 Å². The molecule has 6 nitrogen and oxygen atoms in total. The van der Waals surface area contributed by atoms with Gasteiger partial charge in [0.05, 0.1) is 23.2 Å². The quantitative estimate of drug-likeness (QED) is 0.400. The molecule has 0 saturated carbocycles. The lowest BCUT2D eigenvalue weighted by atomic mass is 10.0. The first-order valence-corrected chi connectivity index (χ1v) is 12.0. The number of nitrogens with one attached hydrogen (secondary N) is 2. The van der Waals surface area contributed by atoms with Gasteiger partial charge in [0, 0.05) is 41.6 Å². The van der Waals surface area contributed by atoms with Crippen LogP contribution in [0.5, 0.6) is 0 Å². The topological polar surface area (TPSA) is 66.5 Å². The highest BCUT2D eigenvalue weighted by Crippen LogP contribution is 2.33. The van der Waals surface area contributed by atoms with Gasteiger partial charge >= 0.3 is 6.09 Å². The van der Waals surface area contributed by atoms with Crippen LogP contribution in [-0.2, 0) is 4.74 Å². The molecule has 1 aromatic heterocycles. The van der Waals surface area contributed by atoms with Crippen molar-refractivity contribution < 1.29 is 22.7 Å². The van der Waals surface area contributed by atoms with E-state index in [1.807, 2.05) is 39.0 Å². The fourth-order valence-corrected chi connectivity index (χ4v) is 4.43. The number of amides is 1. The average molecular weight is 501 g/mol. The second-order valence-corrected chi connectivity index (χ2v) is 10.1. The first-order chi connectivity index (χ1) is 17.0. The Labute approximate surface area is 208 Å². The third-order valence-corrected chi connectivity index (χ3v) is 6.13. The molecule has 1 amide bonds. The van der Waals surface area contributed by atoms with Crippen molar-refractivity contribution in [1.82, 2.24) is 10.3 Å². The Morgan fingerprint density at radius 2 is 1.92 bits per heavy atom. The van der Waals surface area contributed by atoms with Crippen LogP contribution in [0.3, 0.4) is 0 Å². The summed E-state index contributed by atoms with van der Waals surface area (Å²) >= 11 is 0. The maximum Gasteiger partial charge on any atom is 0.407 e. The highest BCUT2D eigenvalue weighted by atomic mass is 19.3. The Morgan fingerprint density at radius 1 is 1.17 bits per heavy atom. The van der Waals surface area contributed by atoms with E-state index in [4.69, 9.17) is 4.74 Å². The van der Waals surface area contributed by atoms with Crippen molar-refractivity contribution in [3.63, 3.8) is 0 Å². The van der Waals surface area contributed by atoms with Gasteiger partial charge in [-0.3, -0.25) is 4.98 Å². The smallest absolute Gasteiger partial charge is 0.407 e. The number of pyridine rings is 1. The third kappa shape index (κ3) is 5.83. The normalized spacial score (nSPS) is 16.9. The summed E-state index contributed by atoms with van der Waals surface area (Å²) in [5.41, 5.74) is 1.44. The molecular formula is C27H31F3N4O2. The number of anilines is 2. The number of halogens is 3. The monoisotopic (exact) mass is 500 g/mol. The molecule has 1 aliphatic rings. The fraction of sp³-hybridized carbons (Fsp3) is 0.407. The summed E-state index contributed by atoms with van der Waals surface area (Å²) in [6.07, 6.45) is -0.873. The Kier molecular flexibility index (Phi) is 7.28. The Balaban J connectivity index is 1.52. The van der Waals surface area contributed by atoms with Crippen molar-refractivity contribution in [2.75, 3.05) is 23.3 Å². The van der Waals surface area contributed by atoms with E-state index in [-0.39, 0.29) is 11.6 Å². The van der Waals surface area contributed by atoms with E-state index in [0.29, 0.717) is 6.54 Å². The zero-order valence-electron chi connectivity index (χ0n) is 20.8. The van der Waals surface area contributed by atoms with Crippen molar-refractivity contribution in [3.8, 4) is 0 Å². The zero-order chi connectivity index (χ0) is 26.0. The predicted molar refractivity (Wildman–Crippen MR) is 135 cm³/mol. The molecule has 4 rings (SSSR count). The number of carbonyl (C=O) groups excluding carboxylic acids is 1. The second-order valence-electron chi connectivity index (χ2n) is 10.1. The van der Waals surface area contributed by atoms with Crippen LogP contribution in [0.15, 0.2) is 48.7 Å². The SMILES string of the molecule is C[C@@H](Nc1ccnc2ccc(N3CC[C@@H](NC(=O)OC(C)(C)C)C3)cc12)c1cccc(C(F)F)c1F. The predicted octanol–water partition coefficient (Wildman–Crippen LogP) is 6.59. The summed E-state index contributed by atoms with van der Waals surface area (Å²) in [4.78, 5) is 18.7. The molecule has 2 atom stereocenters. The molecule has 0 spiro atoms. The molecule has 3 aromatic rings. The first-order valence-electron chi connectivity index (χ1n) is 12.0. The van der Waals surface area contributed by atoms with Crippen LogP contribution < -0.4 is 15.5 Å². The molecule has 2 N–H and O–H groups in total. The maximum atomic E-state index is 14.7. The van der Waals surface area contributed by atoms with E-state index in [2.05, 4.69) is 20.5 Å². The van der Waals surface area contributed by atoms with Gasteiger partial charge in [-0.2, -0.15) is 0 Å². The number of benzene rings is 2. The minimum absolute atomic E-state index is 0.0350. The van der Waals surface area contributed by atoms with Gasteiger partial charge < -0.3 is 20.3 Å². The summed E-state index contributed by atoms with van der Waals surface area (Å²) in [7, 11) is 0. The number of alkyl halides is 2. The number of carbonyl (C=O) groups is 1. The number of rotatable bonds is 6. The summed E-state index contributed by atoms with van der Waals surface area (Å²) in [6.45, 7) is 8.61. The number of fused-ring (bicyclic) bond motifs is 1. The molecule has 0 aliphatic carbocycles. The van der Waals surface area contributed by atoms with Crippen LogP contribution in [-0.4, -0.2) is 35.8 Å². The van der Waals surface area contributed by atoms with Gasteiger partial charge in [0.1, 0.15) is 11.4 Å². The molecule has 0 radical (unpaired) electrons. The van der Waals surface area contributed by atoms with Crippen LogP contribution in [0.1, 0.15) is 57.7 Å². The lowest BCUT2D eigenvalue weighted by molar-refractivity contribution is 0.0509. The molecule has 36 heavy (non-hydrogen) atoms. The van der Waals surface area contributed by atoms with Crippen molar-refractivity contribution >= 4 is 28.4 Å². The molecule has 1 saturated heterocycles. The second kappa shape index (κ2) is 10.2. The lowest BCUT2D eigenvalue weighted by Gasteiger charge is -2.23. The summed E-state index contributed by atoms with van der Waals surface area (Å²) in [5, 5.41) is 7.02. The summed E-state index contributed by atoms with van der Waals surface area (Å²) in [5.74, 6) is -0.896. The van der Waals surface area contributed by atoms with Gasteiger partial charge in [-0.25, -0.2) is 18.0 Å². The molecule has 0 unspecified atom stereocenters. The fourth-order valence-electron chi connectivity index (χ4n) is 4.43. The van der Waals surface area contributed by atoms with Crippen molar-refractivity contribution in [1.29, 1.82) is 0 Å². The van der Waals surface area contributed by atoms with Crippen molar-refractivity contribution in [2.24, 2.45) is 0 Å². The largest absolute Gasteiger partial charge is 0.444 e. The first kappa shape index (κ1) is 25.6. The van der Waals surface area contributed by atoms with Crippen LogP contribution in [0.4, 0.5) is 29.3 Å². The van der Waals surface area contributed by atoms with Gasteiger partial charge in [0.2, 0.25) is 0 Å². The average Bonchev–Trinajstić information content (AvgIpc) is 3.26. The Morgan fingerprint density at radius 3 is 2.64 bits per heavy atom. The molecular weight excluding hydrogens is 469 g/mol. The minimum atomic E-state index is -2.88. The molecule has 1 aliphatic heterocycles. The van der Waals surface area contributed by atoms with E-state index in [9.17, 15) is 18.0 Å². The number of hydrogen-bond acceptors (Lipinski definition) is 5. The van der Waals surface area contributed by atoms with Gasteiger partial charge in [-0.15, -0.1) is 0 Å². The van der Waals surface area contributed by atoms with Crippen LogP contribution in [0.25, 0.3) is 10.9 Å². The van der Waals surface area contributed by atoms with E-state index < -0.39 is 35.5 Å². The van der Waals surface area contributed by atoms with Gasteiger partial charge in [0.25, 0.3) is 6.43 Å². The molecule has 2 aromatic carbocycles. The molecule has 192 valence electrons. The van der Waals surface area contributed by atoms with Gasteiger partial charge in [0.15, 0.2) is 0 Å². The standard InChI is InChI=1S/C27H31F3N4O2/c1-16(19-6-5-7-20(24(19)28)25(29)30)32-23-10-12-31-22-9-8-18(14-21(22)23)34-13-11-17(15-34)33-26(35)36-27(2,3)4/h5-10,12,14,16-17,25H,11,13,15H2,1-4H3,(H,31,32)(H,33,35)/t16-,17-/m1/s1. The zero-order valence-corrected chi connectivity index (χ0v) is 20.8. The maximum absolute atomic E-state index is 14.7. The number of aromatic nitrogens is 1. The molecule has 1 fully saturated rings. The number of ether oxygens (including phenoxy) is 1. The minimum Gasteiger partial charge on any atom is -0.444 e. The van der Waals surface area contributed by atoms with E-state index in [1.54, 1.807) is 19.2 Å². The summed E-state index contributed by atoms with van der Waals surface area (Å²) in [6, 6.07) is 11.1. The highest BCUT2D eigenvalue weighted by Gasteiger charge is 2.27. The Bertz CT molecular complexity index is 1250. The number of alkyl carbamates (subject to hydrolysis) is 1. The van der Waals surface area contributed by atoms with E-state index >= 15 is 0 Å². The highest BCUT2D eigenvalue weighted by molar-refractivity contribution is 5.93. The van der Waals surface area contributed by atoms with E-state index in [0.717, 1.165) is 41.3 Å². The van der Waals surface area contributed by atoms with Crippen LogP contribution in [0, 0.1) is 5.82 Å². The molecule has 0 bridgehead atoms. The van der Waals surface area contributed by atoms with E-state index in [1.165, 1.54) is 12.1 Å². The van der Waals surface area contributed by atoms with Gasteiger partial charge in [-0.1, -0.05) is 18.2 Å². The van der Waals surface area contributed by atoms with Crippen molar-refractivity contribution in [2.45, 2.75) is 58.2 Å². The number of nitrogens with zero attached hydrogens (tertiary/aromatic N) is 2. The van der Waals surface area contributed by atoms with Crippen molar-refractivity contribution in [3.05, 3.63) is 65.6 Å². The van der Waals surface area contributed by atoms with Crippen LogP contribution in [0.2, 0.25) is 0 Å². The molecule has 9 heteroatoms. The molecule has 2 heterocycles. The van der Waals surface area contributed by atoms with Crippen LogP contribution >= 0.6 is 0 Å². The summed E-state index contributed by atoms with van der Waals surface area (Å²) < 4.78 is 46.4.